The van der Waals surface area contributed by atoms with E-state index in [9.17, 15) is 9.59 Å². The maximum Gasteiger partial charge on any atom is 0.274 e. The number of aryl methyl sites for hydroxylation is 2. The summed E-state index contributed by atoms with van der Waals surface area (Å²) in [5.74, 6) is -0.723. The molecule has 5 nitrogen and oxygen atoms in total. The first kappa shape index (κ1) is 18.6. The van der Waals surface area contributed by atoms with Crippen LogP contribution >= 0.6 is 11.6 Å². The molecule has 0 saturated heterocycles. The maximum atomic E-state index is 12.5. The summed E-state index contributed by atoms with van der Waals surface area (Å²) in [7, 11) is 0. The van der Waals surface area contributed by atoms with E-state index in [-0.39, 0.29) is 11.6 Å². The van der Waals surface area contributed by atoms with E-state index in [1.54, 1.807) is 30.3 Å². The predicted octanol–water partition coefficient (Wildman–Crippen LogP) is 4.86. The van der Waals surface area contributed by atoms with Crippen molar-refractivity contribution < 1.29 is 9.59 Å². The van der Waals surface area contributed by atoms with Crippen LogP contribution in [-0.2, 0) is 0 Å². The van der Waals surface area contributed by atoms with Gasteiger partial charge in [0.05, 0.1) is 0 Å². The molecule has 0 radical (unpaired) electrons. The smallest absolute Gasteiger partial charge is 0.274 e. The highest BCUT2D eigenvalue weighted by Gasteiger charge is 2.13. The van der Waals surface area contributed by atoms with E-state index in [1.165, 1.54) is 12.3 Å². The highest BCUT2D eigenvalue weighted by atomic mass is 35.5. The number of hydrogen-bond acceptors (Lipinski definition) is 3. The van der Waals surface area contributed by atoms with Crippen molar-refractivity contribution in [1.29, 1.82) is 0 Å². The fourth-order valence-corrected chi connectivity index (χ4v) is 2.80. The minimum Gasteiger partial charge on any atom is -0.322 e. The Labute approximate surface area is 162 Å². The molecule has 0 bridgehead atoms. The Balaban J connectivity index is 1.76. The molecule has 3 rings (SSSR count). The number of aromatic nitrogens is 1. The van der Waals surface area contributed by atoms with Crippen LogP contribution in [0.5, 0.6) is 0 Å². The van der Waals surface area contributed by atoms with Crippen LogP contribution < -0.4 is 10.6 Å². The third-order valence-electron chi connectivity index (χ3n) is 3.97. The van der Waals surface area contributed by atoms with Crippen LogP contribution in [0, 0.1) is 13.8 Å². The number of pyridine rings is 1. The van der Waals surface area contributed by atoms with E-state index in [0.717, 1.165) is 16.8 Å². The van der Waals surface area contributed by atoms with Crippen LogP contribution in [-0.4, -0.2) is 16.8 Å². The lowest BCUT2D eigenvalue weighted by Gasteiger charge is -2.10. The van der Waals surface area contributed by atoms with Crippen molar-refractivity contribution in [1.82, 2.24) is 4.98 Å². The number of hydrogen-bond donors (Lipinski definition) is 2. The van der Waals surface area contributed by atoms with Crippen molar-refractivity contribution in [2.75, 3.05) is 10.6 Å². The molecule has 0 atom stereocenters. The largest absolute Gasteiger partial charge is 0.322 e. The molecule has 27 heavy (non-hydrogen) atoms. The van der Waals surface area contributed by atoms with E-state index < -0.39 is 5.91 Å². The molecular weight excluding hydrogens is 362 g/mol. The Hall–Kier alpha value is -3.18. The minimum atomic E-state index is -0.418. The lowest BCUT2D eigenvalue weighted by Crippen LogP contribution is -2.17. The summed E-state index contributed by atoms with van der Waals surface area (Å²) in [6.07, 6.45) is 1.43. The Morgan fingerprint density at radius 1 is 0.926 bits per heavy atom. The van der Waals surface area contributed by atoms with Crippen molar-refractivity contribution in [2.45, 2.75) is 13.8 Å². The lowest BCUT2D eigenvalue weighted by atomic mass is 10.1. The van der Waals surface area contributed by atoms with Crippen molar-refractivity contribution >= 4 is 34.8 Å². The van der Waals surface area contributed by atoms with Crippen LogP contribution in [0.1, 0.15) is 32.0 Å². The van der Waals surface area contributed by atoms with Crippen LogP contribution in [0.25, 0.3) is 0 Å². The molecule has 0 aliphatic rings. The van der Waals surface area contributed by atoms with Crippen LogP contribution in [0.15, 0.2) is 60.8 Å². The van der Waals surface area contributed by atoms with Gasteiger partial charge in [0.15, 0.2) is 0 Å². The van der Waals surface area contributed by atoms with Crippen molar-refractivity contribution in [2.24, 2.45) is 0 Å². The van der Waals surface area contributed by atoms with Gasteiger partial charge in [0.2, 0.25) is 0 Å². The molecule has 0 unspecified atom stereocenters. The van der Waals surface area contributed by atoms with E-state index in [0.29, 0.717) is 16.3 Å². The van der Waals surface area contributed by atoms with Gasteiger partial charge in [-0.3, -0.25) is 14.6 Å². The molecule has 2 N–H and O–H groups in total. The van der Waals surface area contributed by atoms with Crippen LogP contribution in [0.2, 0.25) is 5.02 Å². The van der Waals surface area contributed by atoms with E-state index in [4.69, 9.17) is 11.6 Å². The number of carbonyl (C=O) groups excluding carboxylic acids is 2. The van der Waals surface area contributed by atoms with Gasteiger partial charge in [0.1, 0.15) is 5.69 Å². The van der Waals surface area contributed by atoms with Crippen LogP contribution in [0.3, 0.4) is 0 Å². The topological polar surface area (TPSA) is 71.1 Å². The van der Waals surface area contributed by atoms with Gasteiger partial charge in [-0.25, -0.2) is 0 Å². The van der Waals surface area contributed by atoms with E-state index >= 15 is 0 Å². The Morgan fingerprint density at radius 2 is 1.74 bits per heavy atom. The zero-order valence-corrected chi connectivity index (χ0v) is 15.7. The Morgan fingerprint density at radius 3 is 2.48 bits per heavy atom. The molecule has 0 fully saturated rings. The molecule has 2 aromatic carbocycles. The highest BCUT2D eigenvalue weighted by Crippen LogP contribution is 2.18. The Kier molecular flexibility index (Phi) is 5.52. The number of benzene rings is 2. The fraction of sp³-hybridized carbons (Fsp3) is 0.0952. The monoisotopic (exact) mass is 379 g/mol. The van der Waals surface area contributed by atoms with E-state index in [2.05, 4.69) is 15.6 Å². The first-order valence-corrected chi connectivity index (χ1v) is 8.72. The molecule has 0 aliphatic heterocycles. The molecule has 0 saturated carbocycles. The van der Waals surface area contributed by atoms with Gasteiger partial charge < -0.3 is 10.6 Å². The van der Waals surface area contributed by atoms with Crippen LogP contribution in [0.4, 0.5) is 11.4 Å². The second-order valence-electron chi connectivity index (χ2n) is 6.17. The summed E-state index contributed by atoms with van der Waals surface area (Å²) in [5.41, 5.74) is 3.86. The highest BCUT2D eigenvalue weighted by molar-refractivity contribution is 6.31. The summed E-state index contributed by atoms with van der Waals surface area (Å²) < 4.78 is 0. The number of amides is 2. The minimum absolute atomic E-state index is 0.142. The lowest BCUT2D eigenvalue weighted by molar-refractivity contribution is 0.102. The SMILES string of the molecule is Cc1ccc(NC(=O)c2ccnc(C(=O)Nc3cccc(Cl)c3)c2)c(C)c1. The maximum absolute atomic E-state index is 12.5. The second-order valence-corrected chi connectivity index (χ2v) is 6.60. The average molecular weight is 380 g/mol. The second kappa shape index (κ2) is 8.01. The fourth-order valence-electron chi connectivity index (χ4n) is 2.61. The summed E-state index contributed by atoms with van der Waals surface area (Å²) in [4.78, 5) is 29.0. The molecule has 2 amide bonds. The number of halogens is 1. The first-order chi connectivity index (χ1) is 12.9. The van der Waals surface area contributed by atoms with Crippen molar-refractivity contribution in [3.05, 3.63) is 88.2 Å². The standard InChI is InChI=1S/C21H18ClN3O2/c1-13-6-7-18(14(2)10-13)25-20(26)15-8-9-23-19(11-15)21(27)24-17-5-3-4-16(22)12-17/h3-12H,1-2H3,(H,24,27)(H,25,26). The number of anilines is 2. The third kappa shape index (κ3) is 4.71. The normalized spacial score (nSPS) is 10.3. The zero-order valence-electron chi connectivity index (χ0n) is 14.9. The number of nitrogens with one attached hydrogen (secondary N) is 2. The quantitative estimate of drug-likeness (QED) is 0.680. The average Bonchev–Trinajstić information content (AvgIpc) is 2.64. The molecule has 0 aliphatic carbocycles. The molecule has 136 valence electrons. The first-order valence-electron chi connectivity index (χ1n) is 8.34. The van der Waals surface area contributed by atoms with Gasteiger partial charge in [-0.05, 0) is 55.8 Å². The predicted molar refractivity (Wildman–Crippen MR) is 108 cm³/mol. The van der Waals surface area contributed by atoms with Gasteiger partial charge in [-0.15, -0.1) is 0 Å². The number of carbonyl (C=O) groups is 2. The summed E-state index contributed by atoms with van der Waals surface area (Å²) in [6.45, 7) is 3.92. The summed E-state index contributed by atoms with van der Waals surface area (Å²) in [5, 5.41) is 6.09. The third-order valence-corrected chi connectivity index (χ3v) is 4.20. The molecule has 0 spiro atoms. The van der Waals surface area contributed by atoms with Gasteiger partial charge >= 0.3 is 0 Å². The molecule has 1 heterocycles. The number of nitrogens with zero attached hydrogens (tertiary/aromatic N) is 1. The van der Waals surface area contributed by atoms with E-state index in [1.807, 2.05) is 32.0 Å². The Bertz CT molecular complexity index is 1020. The number of rotatable bonds is 4. The summed E-state index contributed by atoms with van der Waals surface area (Å²) in [6, 6.07) is 15.6. The summed E-state index contributed by atoms with van der Waals surface area (Å²) >= 11 is 5.92. The van der Waals surface area contributed by atoms with Gasteiger partial charge in [-0.2, -0.15) is 0 Å². The molecule has 6 heteroatoms. The van der Waals surface area contributed by atoms with Gasteiger partial charge in [-0.1, -0.05) is 35.4 Å². The van der Waals surface area contributed by atoms with Crippen molar-refractivity contribution in [3.63, 3.8) is 0 Å². The molecule has 3 aromatic rings. The van der Waals surface area contributed by atoms with Crippen molar-refractivity contribution in [3.8, 4) is 0 Å². The molecular formula is C21H18ClN3O2. The molecule has 1 aromatic heterocycles. The van der Waals surface area contributed by atoms with Gasteiger partial charge in [0, 0.05) is 28.2 Å². The zero-order chi connectivity index (χ0) is 19.4. The van der Waals surface area contributed by atoms with Gasteiger partial charge in [0.25, 0.3) is 11.8 Å².